The minimum atomic E-state index is 0.234. The Morgan fingerprint density at radius 2 is 2.47 bits per heavy atom. The third-order valence-corrected chi connectivity index (χ3v) is 4.28. The maximum absolute atomic E-state index is 4.63. The molecule has 0 bridgehead atoms. The molecule has 4 nitrogen and oxygen atoms in total. The van der Waals surface area contributed by atoms with Crippen molar-refractivity contribution in [3.63, 3.8) is 0 Å². The molecule has 0 aliphatic heterocycles. The molecular formula is C14H18N4S. The lowest BCUT2D eigenvalue weighted by Crippen LogP contribution is -2.30. The molecule has 0 fully saturated rings. The molecule has 2 atom stereocenters. The van der Waals surface area contributed by atoms with Gasteiger partial charge in [0, 0.05) is 23.2 Å². The SMILES string of the molecule is CCNC(c1csnn1)C1CCCc2cccnc21. The van der Waals surface area contributed by atoms with E-state index in [1.807, 2.05) is 17.6 Å². The number of aromatic nitrogens is 3. The molecule has 1 aliphatic rings. The van der Waals surface area contributed by atoms with Crippen LogP contribution in [-0.2, 0) is 6.42 Å². The molecular weight excluding hydrogens is 256 g/mol. The van der Waals surface area contributed by atoms with Gasteiger partial charge < -0.3 is 5.32 Å². The van der Waals surface area contributed by atoms with Gasteiger partial charge in [0.1, 0.15) is 0 Å². The molecule has 0 spiro atoms. The summed E-state index contributed by atoms with van der Waals surface area (Å²) in [5.41, 5.74) is 3.69. The Morgan fingerprint density at radius 3 is 3.26 bits per heavy atom. The number of nitrogens with zero attached hydrogens (tertiary/aromatic N) is 3. The molecule has 1 aliphatic carbocycles. The number of rotatable bonds is 4. The summed E-state index contributed by atoms with van der Waals surface area (Å²) >= 11 is 1.42. The molecule has 2 unspecified atom stereocenters. The van der Waals surface area contributed by atoms with Crippen molar-refractivity contribution < 1.29 is 0 Å². The van der Waals surface area contributed by atoms with Crippen LogP contribution < -0.4 is 5.32 Å². The van der Waals surface area contributed by atoms with Crippen LogP contribution in [-0.4, -0.2) is 21.1 Å². The lowest BCUT2D eigenvalue weighted by Gasteiger charge is -2.30. The molecule has 5 heteroatoms. The molecule has 2 heterocycles. The Morgan fingerprint density at radius 1 is 1.53 bits per heavy atom. The van der Waals surface area contributed by atoms with E-state index in [-0.39, 0.29) is 6.04 Å². The highest BCUT2D eigenvalue weighted by atomic mass is 32.1. The van der Waals surface area contributed by atoms with Crippen molar-refractivity contribution in [2.45, 2.75) is 38.1 Å². The quantitative estimate of drug-likeness (QED) is 0.931. The summed E-state index contributed by atoms with van der Waals surface area (Å²) in [6.07, 6.45) is 5.44. The Labute approximate surface area is 117 Å². The first kappa shape index (κ1) is 12.7. The summed E-state index contributed by atoms with van der Waals surface area (Å²) in [4.78, 5) is 4.63. The fraction of sp³-hybridized carbons (Fsp3) is 0.500. The predicted molar refractivity (Wildman–Crippen MR) is 76.2 cm³/mol. The van der Waals surface area contributed by atoms with Crippen LogP contribution in [0.1, 0.15) is 48.7 Å². The zero-order valence-electron chi connectivity index (χ0n) is 11.0. The lowest BCUT2D eigenvalue weighted by atomic mass is 9.81. The van der Waals surface area contributed by atoms with E-state index in [0.717, 1.165) is 18.7 Å². The maximum atomic E-state index is 4.63. The van der Waals surface area contributed by atoms with E-state index in [4.69, 9.17) is 0 Å². The first-order valence-corrected chi connectivity index (χ1v) is 7.68. The highest BCUT2D eigenvalue weighted by Gasteiger charge is 2.30. The molecule has 3 rings (SSSR count). The smallest absolute Gasteiger partial charge is 0.0931 e. The Balaban J connectivity index is 1.96. The van der Waals surface area contributed by atoms with Crippen LogP contribution in [0.5, 0.6) is 0 Å². The van der Waals surface area contributed by atoms with Crippen LogP contribution >= 0.6 is 11.5 Å². The second-order valence-corrected chi connectivity index (χ2v) is 5.52. The molecule has 0 aromatic carbocycles. The molecule has 2 aromatic heterocycles. The number of likely N-dealkylation sites (N-methyl/N-ethyl adjacent to an activating group) is 1. The van der Waals surface area contributed by atoms with E-state index in [9.17, 15) is 0 Å². The van der Waals surface area contributed by atoms with Crippen molar-refractivity contribution >= 4 is 11.5 Å². The van der Waals surface area contributed by atoms with Crippen LogP contribution in [0, 0.1) is 0 Å². The number of hydrogen-bond donors (Lipinski definition) is 1. The molecule has 0 saturated carbocycles. The normalized spacial score (nSPS) is 19.9. The fourth-order valence-electron chi connectivity index (χ4n) is 2.95. The standard InChI is InChI=1S/C14H18N4S/c1-2-15-14(12-9-19-18-17-12)11-7-3-5-10-6-4-8-16-13(10)11/h4,6,8-9,11,14-15H,2-3,5,7H2,1H3. The van der Waals surface area contributed by atoms with E-state index in [0.29, 0.717) is 5.92 Å². The Hall–Kier alpha value is -1.33. The molecule has 2 aromatic rings. The van der Waals surface area contributed by atoms with Crippen molar-refractivity contribution in [1.82, 2.24) is 19.9 Å². The third-order valence-electron chi connectivity index (χ3n) is 3.76. The predicted octanol–water partition coefficient (Wildman–Crippen LogP) is 2.70. The average Bonchev–Trinajstić information content (AvgIpc) is 2.98. The van der Waals surface area contributed by atoms with E-state index >= 15 is 0 Å². The molecule has 19 heavy (non-hydrogen) atoms. The van der Waals surface area contributed by atoms with Crippen molar-refractivity contribution in [1.29, 1.82) is 0 Å². The van der Waals surface area contributed by atoms with Gasteiger partial charge in [0.05, 0.1) is 11.7 Å². The fourth-order valence-corrected chi connectivity index (χ4v) is 3.44. The van der Waals surface area contributed by atoms with Gasteiger partial charge in [-0.2, -0.15) is 0 Å². The van der Waals surface area contributed by atoms with Crippen LogP contribution in [0.2, 0.25) is 0 Å². The van der Waals surface area contributed by atoms with E-state index in [1.54, 1.807) is 0 Å². The van der Waals surface area contributed by atoms with Crippen LogP contribution in [0.25, 0.3) is 0 Å². The highest BCUT2D eigenvalue weighted by Crippen LogP contribution is 2.38. The summed E-state index contributed by atoms with van der Waals surface area (Å²) in [5.74, 6) is 0.411. The summed E-state index contributed by atoms with van der Waals surface area (Å²) in [7, 11) is 0. The first-order valence-electron chi connectivity index (χ1n) is 6.84. The van der Waals surface area contributed by atoms with E-state index in [1.165, 1.54) is 35.6 Å². The van der Waals surface area contributed by atoms with Gasteiger partial charge in [-0.25, -0.2) is 0 Å². The van der Waals surface area contributed by atoms with Crippen molar-refractivity contribution in [2.24, 2.45) is 0 Å². The van der Waals surface area contributed by atoms with Gasteiger partial charge >= 0.3 is 0 Å². The lowest BCUT2D eigenvalue weighted by molar-refractivity contribution is 0.393. The van der Waals surface area contributed by atoms with Gasteiger partial charge in [0.2, 0.25) is 0 Å². The van der Waals surface area contributed by atoms with Gasteiger partial charge in [-0.1, -0.05) is 17.5 Å². The van der Waals surface area contributed by atoms with Gasteiger partial charge in [-0.15, -0.1) is 5.10 Å². The second kappa shape index (κ2) is 5.75. The van der Waals surface area contributed by atoms with Gasteiger partial charge in [0.25, 0.3) is 0 Å². The van der Waals surface area contributed by atoms with Gasteiger partial charge in [-0.05, 0) is 49.0 Å². The third kappa shape index (κ3) is 2.53. The largest absolute Gasteiger partial charge is 0.308 e. The zero-order valence-corrected chi connectivity index (χ0v) is 11.9. The molecule has 0 saturated heterocycles. The van der Waals surface area contributed by atoms with Gasteiger partial charge in [-0.3, -0.25) is 4.98 Å². The Bertz CT molecular complexity index is 526. The van der Waals surface area contributed by atoms with Crippen LogP contribution in [0.3, 0.4) is 0 Å². The highest BCUT2D eigenvalue weighted by molar-refractivity contribution is 7.03. The van der Waals surface area contributed by atoms with Crippen molar-refractivity contribution in [2.75, 3.05) is 6.54 Å². The minimum absolute atomic E-state index is 0.234. The molecule has 0 amide bonds. The topological polar surface area (TPSA) is 50.7 Å². The first-order chi connectivity index (χ1) is 9.40. The number of fused-ring (bicyclic) bond motifs is 1. The molecule has 1 N–H and O–H groups in total. The average molecular weight is 274 g/mol. The van der Waals surface area contributed by atoms with Crippen molar-refractivity contribution in [3.8, 4) is 0 Å². The van der Waals surface area contributed by atoms with Crippen molar-refractivity contribution in [3.05, 3.63) is 40.7 Å². The number of nitrogens with one attached hydrogen (secondary N) is 1. The van der Waals surface area contributed by atoms with E-state index < -0.39 is 0 Å². The summed E-state index contributed by atoms with van der Waals surface area (Å²) in [6, 6.07) is 4.47. The van der Waals surface area contributed by atoms with Crippen LogP contribution in [0.15, 0.2) is 23.7 Å². The Kier molecular flexibility index (Phi) is 3.84. The summed E-state index contributed by atoms with van der Waals surface area (Å²) < 4.78 is 4.01. The second-order valence-electron chi connectivity index (χ2n) is 4.91. The molecule has 100 valence electrons. The number of aryl methyl sites for hydroxylation is 1. The number of hydrogen-bond acceptors (Lipinski definition) is 5. The monoisotopic (exact) mass is 274 g/mol. The summed E-state index contributed by atoms with van der Waals surface area (Å²) in [5, 5.41) is 9.87. The zero-order chi connectivity index (χ0) is 13.1. The van der Waals surface area contributed by atoms with E-state index in [2.05, 4.69) is 32.9 Å². The summed E-state index contributed by atoms with van der Waals surface area (Å²) in [6.45, 7) is 3.07. The molecule has 0 radical (unpaired) electrons. The van der Waals surface area contributed by atoms with Crippen LogP contribution in [0.4, 0.5) is 0 Å². The minimum Gasteiger partial charge on any atom is -0.308 e. The van der Waals surface area contributed by atoms with Gasteiger partial charge in [0.15, 0.2) is 0 Å². The number of pyridine rings is 1. The maximum Gasteiger partial charge on any atom is 0.0931 e.